The third kappa shape index (κ3) is 6.90. The molecule has 1 fully saturated rings. The third-order valence-corrected chi connectivity index (χ3v) is 5.39. The van der Waals surface area contributed by atoms with Gasteiger partial charge in [-0.1, -0.05) is 6.07 Å². The van der Waals surface area contributed by atoms with Crippen molar-refractivity contribution >= 4 is 5.96 Å². The van der Waals surface area contributed by atoms with Gasteiger partial charge in [0.15, 0.2) is 17.5 Å². The lowest BCUT2D eigenvalue weighted by Gasteiger charge is -2.26. The molecule has 0 aliphatic carbocycles. The Bertz CT molecular complexity index is 819. The van der Waals surface area contributed by atoms with Gasteiger partial charge in [0.2, 0.25) is 6.79 Å². The van der Waals surface area contributed by atoms with Gasteiger partial charge < -0.3 is 29.3 Å². The Labute approximate surface area is 183 Å². The molecule has 2 N–H and O–H groups in total. The van der Waals surface area contributed by atoms with Crippen LogP contribution in [-0.2, 0) is 17.6 Å². The fourth-order valence-electron chi connectivity index (χ4n) is 3.66. The first-order valence-electron chi connectivity index (χ1n) is 11.1. The second-order valence-corrected chi connectivity index (χ2v) is 7.66. The topological polar surface area (TPSA) is 80.5 Å². The predicted molar refractivity (Wildman–Crippen MR) is 119 cm³/mol. The number of hydrogen-bond acceptors (Lipinski definition) is 6. The molecule has 0 bridgehead atoms. The van der Waals surface area contributed by atoms with E-state index in [0.717, 1.165) is 95.0 Å². The Kier molecular flexibility index (Phi) is 8.07. The molecule has 1 aromatic carbocycles. The van der Waals surface area contributed by atoms with Crippen molar-refractivity contribution < 1.29 is 18.6 Å². The van der Waals surface area contributed by atoms with Gasteiger partial charge in [-0.2, -0.15) is 0 Å². The van der Waals surface area contributed by atoms with E-state index < -0.39 is 0 Å². The van der Waals surface area contributed by atoms with Gasteiger partial charge in [0.25, 0.3) is 0 Å². The van der Waals surface area contributed by atoms with Crippen molar-refractivity contribution in [3.05, 3.63) is 47.9 Å². The third-order valence-electron chi connectivity index (χ3n) is 5.39. The van der Waals surface area contributed by atoms with Gasteiger partial charge in [-0.15, -0.1) is 0 Å². The molecule has 8 nitrogen and oxygen atoms in total. The minimum absolute atomic E-state index is 0.303. The molecule has 0 saturated carbocycles. The first-order valence-corrected chi connectivity index (χ1v) is 11.1. The van der Waals surface area contributed by atoms with Gasteiger partial charge in [0.05, 0.1) is 19.5 Å². The molecule has 0 amide bonds. The van der Waals surface area contributed by atoms with Crippen LogP contribution >= 0.6 is 0 Å². The number of furan rings is 1. The van der Waals surface area contributed by atoms with Gasteiger partial charge in [-0.3, -0.25) is 9.89 Å². The standard InChI is InChI=1S/C23H32N4O4/c1-3-20(29-14-1)7-10-26-23(24-8-2-11-27-12-15-28-16-13-27)25-9-6-19-4-5-21-22(17-19)31-18-30-21/h1,3-5,14,17H,2,6-13,15-16,18H2,(H2,24,25,26). The number of nitrogens with zero attached hydrogens (tertiary/aromatic N) is 2. The first-order chi connectivity index (χ1) is 15.4. The van der Waals surface area contributed by atoms with Crippen LogP contribution < -0.4 is 20.1 Å². The minimum Gasteiger partial charge on any atom is -0.469 e. The van der Waals surface area contributed by atoms with E-state index in [1.54, 1.807) is 6.26 Å². The zero-order chi connectivity index (χ0) is 21.1. The highest BCUT2D eigenvalue weighted by atomic mass is 16.7. The van der Waals surface area contributed by atoms with Crippen LogP contribution in [-0.4, -0.2) is 70.1 Å². The molecule has 2 aliphatic heterocycles. The molecule has 4 rings (SSSR count). The largest absolute Gasteiger partial charge is 0.469 e. The quantitative estimate of drug-likeness (QED) is 0.341. The van der Waals surface area contributed by atoms with Crippen molar-refractivity contribution in [2.75, 3.05) is 59.3 Å². The van der Waals surface area contributed by atoms with Crippen LogP contribution in [0.5, 0.6) is 11.5 Å². The van der Waals surface area contributed by atoms with Crippen LogP contribution in [0.25, 0.3) is 0 Å². The molecular weight excluding hydrogens is 396 g/mol. The summed E-state index contributed by atoms with van der Waals surface area (Å²) in [7, 11) is 0. The van der Waals surface area contributed by atoms with E-state index in [1.807, 2.05) is 24.3 Å². The highest BCUT2D eigenvalue weighted by molar-refractivity contribution is 5.79. The predicted octanol–water partition coefficient (Wildman–Crippen LogP) is 2.05. The van der Waals surface area contributed by atoms with Gasteiger partial charge in [-0.05, 0) is 42.7 Å². The first kappa shape index (κ1) is 21.5. The Morgan fingerprint density at radius 2 is 1.84 bits per heavy atom. The molecule has 2 aromatic rings. The van der Waals surface area contributed by atoms with Gasteiger partial charge >= 0.3 is 0 Å². The molecule has 2 aliphatic rings. The van der Waals surface area contributed by atoms with E-state index in [1.165, 1.54) is 5.56 Å². The summed E-state index contributed by atoms with van der Waals surface area (Å²) in [5.74, 6) is 3.46. The highest BCUT2D eigenvalue weighted by Crippen LogP contribution is 2.32. The number of fused-ring (bicyclic) bond motifs is 1. The van der Waals surface area contributed by atoms with Crippen LogP contribution in [0, 0.1) is 0 Å². The van der Waals surface area contributed by atoms with Crippen molar-refractivity contribution in [3.8, 4) is 11.5 Å². The van der Waals surface area contributed by atoms with E-state index in [4.69, 9.17) is 23.6 Å². The molecule has 3 heterocycles. The monoisotopic (exact) mass is 428 g/mol. The molecule has 168 valence electrons. The number of hydrogen-bond donors (Lipinski definition) is 2. The Balaban J connectivity index is 1.23. The van der Waals surface area contributed by atoms with Crippen LogP contribution in [0.3, 0.4) is 0 Å². The normalized spacial score (nSPS) is 16.5. The second kappa shape index (κ2) is 11.6. The summed E-state index contributed by atoms with van der Waals surface area (Å²) in [5, 5.41) is 6.88. The highest BCUT2D eigenvalue weighted by Gasteiger charge is 2.13. The number of aliphatic imine (C=N–C) groups is 1. The van der Waals surface area contributed by atoms with Crippen molar-refractivity contribution in [3.63, 3.8) is 0 Å². The fourth-order valence-corrected chi connectivity index (χ4v) is 3.66. The van der Waals surface area contributed by atoms with Crippen LogP contribution in [0.1, 0.15) is 17.7 Å². The van der Waals surface area contributed by atoms with Crippen molar-refractivity contribution in [2.24, 2.45) is 4.99 Å². The number of benzene rings is 1. The van der Waals surface area contributed by atoms with E-state index in [-0.39, 0.29) is 0 Å². The molecule has 1 aromatic heterocycles. The summed E-state index contributed by atoms with van der Waals surface area (Å²) in [5.41, 5.74) is 1.21. The maximum atomic E-state index is 5.47. The van der Waals surface area contributed by atoms with Crippen LogP contribution in [0.15, 0.2) is 46.0 Å². The number of nitrogens with one attached hydrogen (secondary N) is 2. The summed E-state index contributed by atoms with van der Waals surface area (Å²) in [6.45, 7) is 7.42. The molecule has 0 spiro atoms. The Morgan fingerprint density at radius 3 is 2.68 bits per heavy atom. The lowest BCUT2D eigenvalue weighted by Crippen LogP contribution is -2.40. The Hall–Kier alpha value is -2.71. The molecule has 31 heavy (non-hydrogen) atoms. The molecule has 8 heteroatoms. The molecular formula is C23H32N4O4. The smallest absolute Gasteiger partial charge is 0.231 e. The van der Waals surface area contributed by atoms with Crippen molar-refractivity contribution in [1.29, 1.82) is 0 Å². The summed E-state index contributed by atoms with van der Waals surface area (Å²) in [6.07, 6.45) is 4.44. The zero-order valence-corrected chi connectivity index (χ0v) is 18.0. The summed E-state index contributed by atoms with van der Waals surface area (Å²) < 4.78 is 21.7. The minimum atomic E-state index is 0.303. The second-order valence-electron chi connectivity index (χ2n) is 7.66. The maximum Gasteiger partial charge on any atom is 0.231 e. The van der Waals surface area contributed by atoms with Crippen LogP contribution in [0.2, 0.25) is 0 Å². The SMILES string of the molecule is c1coc(CCNC(=NCCCN2CCOCC2)NCCc2ccc3c(c2)OCO3)c1. The average Bonchev–Trinajstić information content (AvgIpc) is 3.48. The van der Waals surface area contributed by atoms with E-state index in [0.29, 0.717) is 6.79 Å². The molecule has 0 unspecified atom stereocenters. The lowest BCUT2D eigenvalue weighted by molar-refractivity contribution is 0.0377. The number of morpholine rings is 1. The number of guanidine groups is 1. The molecule has 0 radical (unpaired) electrons. The van der Waals surface area contributed by atoms with Gasteiger partial charge in [0, 0.05) is 45.7 Å². The fraction of sp³-hybridized carbons (Fsp3) is 0.522. The molecule has 0 atom stereocenters. The average molecular weight is 429 g/mol. The molecule has 1 saturated heterocycles. The maximum absolute atomic E-state index is 5.47. The lowest BCUT2D eigenvalue weighted by atomic mass is 10.1. The van der Waals surface area contributed by atoms with Gasteiger partial charge in [0.1, 0.15) is 5.76 Å². The summed E-state index contributed by atoms with van der Waals surface area (Å²) >= 11 is 0. The van der Waals surface area contributed by atoms with Crippen molar-refractivity contribution in [2.45, 2.75) is 19.3 Å². The Morgan fingerprint density at radius 1 is 1.00 bits per heavy atom. The van der Waals surface area contributed by atoms with Gasteiger partial charge in [-0.25, -0.2) is 0 Å². The van der Waals surface area contributed by atoms with Crippen LogP contribution in [0.4, 0.5) is 0 Å². The van der Waals surface area contributed by atoms with E-state index in [2.05, 4.69) is 21.6 Å². The van der Waals surface area contributed by atoms with E-state index >= 15 is 0 Å². The number of rotatable bonds is 10. The summed E-state index contributed by atoms with van der Waals surface area (Å²) in [6, 6.07) is 10.0. The summed E-state index contributed by atoms with van der Waals surface area (Å²) in [4.78, 5) is 7.22. The zero-order valence-electron chi connectivity index (χ0n) is 18.0. The number of ether oxygens (including phenoxy) is 3. The van der Waals surface area contributed by atoms with Crippen molar-refractivity contribution in [1.82, 2.24) is 15.5 Å². The van der Waals surface area contributed by atoms with E-state index in [9.17, 15) is 0 Å².